The monoisotopic (exact) mass is 190 g/mol. The van der Waals surface area contributed by atoms with Crippen LogP contribution in [0.1, 0.15) is 40.7 Å². The van der Waals surface area contributed by atoms with Gasteiger partial charge in [0.05, 0.1) is 0 Å². The van der Waals surface area contributed by atoms with Gasteiger partial charge >= 0.3 is 0 Å². The van der Waals surface area contributed by atoms with E-state index in [1.54, 1.807) is 12.1 Å². The van der Waals surface area contributed by atoms with Crippen LogP contribution in [0, 0.1) is 6.92 Å². The molecule has 1 aromatic carbocycles. The first-order valence-corrected chi connectivity index (χ1v) is 5.05. The number of phenols is 1. The second-order valence-corrected chi connectivity index (χ2v) is 3.87. The van der Waals surface area contributed by atoms with Crippen LogP contribution in [-0.4, -0.2) is 10.9 Å². The summed E-state index contributed by atoms with van der Waals surface area (Å²) in [6, 6.07) is 3.38. The van der Waals surface area contributed by atoms with E-state index in [0.29, 0.717) is 12.2 Å². The first-order chi connectivity index (χ1) is 6.70. The summed E-state index contributed by atoms with van der Waals surface area (Å²) in [5.41, 5.74) is 2.74. The minimum Gasteiger partial charge on any atom is -0.508 e. The zero-order valence-electron chi connectivity index (χ0n) is 8.34. The molecular weight excluding hydrogens is 176 g/mol. The predicted octanol–water partition coefficient (Wildman–Crippen LogP) is 2.61. The molecule has 0 fully saturated rings. The minimum absolute atomic E-state index is 0.223. The average Bonchev–Trinajstić information content (AvgIpc) is 2.35. The van der Waals surface area contributed by atoms with E-state index in [1.807, 2.05) is 6.92 Å². The molecule has 1 aromatic rings. The zero-order chi connectivity index (χ0) is 10.1. The van der Waals surface area contributed by atoms with Crippen LogP contribution in [0.25, 0.3) is 0 Å². The lowest BCUT2D eigenvalue weighted by Gasteiger charge is -2.09. The van der Waals surface area contributed by atoms with Crippen molar-refractivity contribution < 1.29 is 9.90 Å². The third-order valence-electron chi connectivity index (χ3n) is 2.95. The van der Waals surface area contributed by atoms with E-state index in [4.69, 9.17) is 0 Å². The molecule has 74 valence electrons. The number of fused-ring (bicyclic) bond motifs is 1. The van der Waals surface area contributed by atoms with Crippen molar-refractivity contribution in [2.45, 2.75) is 32.6 Å². The van der Waals surface area contributed by atoms with Gasteiger partial charge in [0.1, 0.15) is 5.75 Å². The number of Topliss-reactive ketones (excluding diaryl/α,β-unsaturated/α-hetero) is 1. The molecule has 0 saturated carbocycles. The molecule has 2 nitrogen and oxygen atoms in total. The molecule has 0 unspecified atom stereocenters. The largest absolute Gasteiger partial charge is 0.508 e. The maximum Gasteiger partial charge on any atom is 0.163 e. The highest BCUT2D eigenvalue weighted by molar-refractivity contribution is 5.98. The van der Waals surface area contributed by atoms with Crippen LogP contribution in [0.15, 0.2) is 12.1 Å². The Hall–Kier alpha value is -1.31. The fourth-order valence-corrected chi connectivity index (χ4v) is 2.05. The molecule has 0 saturated heterocycles. The average molecular weight is 190 g/mol. The molecule has 0 atom stereocenters. The van der Waals surface area contributed by atoms with E-state index in [-0.39, 0.29) is 5.78 Å². The van der Waals surface area contributed by atoms with Crippen molar-refractivity contribution in [3.63, 3.8) is 0 Å². The Morgan fingerprint density at radius 2 is 1.93 bits per heavy atom. The Labute approximate surface area is 83.6 Å². The molecule has 0 amide bonds. The molecule has 1 N–H and O–H groups in total. The van der Waals surface area contributed by atoms with Crippen molar-refractivity contribution in [2.24, 2.45) is 0 Å². The van der Waals surface area contributed by atoms with Crippen LogP contribution in [0.2, 0.25) is 0 Å². The lowest BCUT2D eigenvalue weighted by Crippen LogP contribution is -2.01. The lowest BCUT2D eigenvalue weighted by atomic mass is 9.97. The third-order valence-corrected chi connectivity index (χ3v) is 2.95. The topological polar surface area (TPSA) is 37.3 Å². The second kappa shape index (κ2) is 3.45. The number of phenolic OH excluding ortho intramolecular Hbond substituents is 1. The predicted molar refractivity (Wildman–Crippen MR) is 54.7 cm³/mol. The van der Waals surface area contributed by atoms with Gasteiger partial charge in [-0.15, -0.1) is 0 Å². The number of hydrogen-bond donors (Lipinski definition) is 1. The summed E-state index contributed by atoms with van der Waals surface area (Å²) in [6.45, 7) is 1.88. The number of carbonyl (C=O) groups is 1. The van der Waals surface area contributed by atoms with E-state index in [2.05, 4.69) is 0 Å². The van der Waals surface area contributed by atoms with E-state index in [9.17, 15) is 9.90 Å². The molecule has 2 rings (SSSR count). The van der Waals surface area contributed by atoms with Crippen LogP contribution in [0.4, 0.5) is 0 Å². The highest BCUT2D eigenvalue weighted by Crippen LogP contribution is 2.28. The van der Waals surface area contributed by atoms with Gasteiger partial charge in [-0.05, 0) is 49.4 Å². The van der Waals surface area contributed by atoms with Crippen LogP contribution in [0.5, 0.6) is 5.75 Å². The summed E-state index contributed by atoms with van der Waals surface area (Å²) in [5.74, 6) is 0.527. The fourth-order valence-electron chi connectivity index (χ4n) is 2.05. The number of ketones is 1. The van der Waals surface area contributed by atoms with E-state index in [0.717, 1.165) is 36.0 Å². The number of carbonyl (C=O) groups excluding carboxylic acids is 1. The summed E-state index contributed by atoms with van der Waals surface area (Å²) >= 11 is 0. The van der Waals surface area contributed by atoms with Crippen molar-refractivity contribution in [3.8, 4) is 5.75 Å². The summed E-state index contributed by atoms with van der Waals surface area (Å²) in [4.78, 5) is 11.7. The van der Waals surface area contributed by atoms with Crippen molar-refractivity contribution in [1.82, 2.24) is 0 Å². The first-order valence-electron chi connectivity index (χ1n) is 5.05. The quantitative estimate of drug-likeness (QED) is 0.638. The Kier molecular flexibility index (Phi) is 2.28. The summed E-state index contributed by atoms with van der Waals surface area (Å²) in [5, 5.41) is 9.54. The maximum absolute atomic E-state index is 11.7. The van der Waals surface area contributed by atoms with E-state index < -0.39 is 0 Å². The van der Waals surface area contributed by atoms with Crippen molar-refractivity contribution in [3.05, 3.63) is 28.8 Å². The van der Waals surface area contributed by atoms with Crippen molar-refractivity contribution in [2.75, 3.05) is 0 Å². The van der Waals surface area contributed by atoms with Crippen LogP contribution in [0.3, 0.4) is 0 Å². The molecule has 0 aromatic heterocycles. The Bertz CT molecular complexity index is 380. The number of benzene rings is 1. The van der Waals surface area contributed by atoms with Crippen molar-refractivity contribution in [1.29, 1.82) is 0 Å². The fraction of sp³-hybridized carbons (Fsp3) is 0.417. The van der Waals surface area contributed by atoms with Gasteiger partial charge < -0.3 is 5.11 Å². The number of aromatic hydroxyl groups is 1. The maximum atomic E-state index is 11.7. The molecule has 0 spiro atoms. The van der Waals surface area contributed by atoms with Crippen LogP contribution in [-0.2, 0) is 6.42 Å². The minimum atomic E-state index is 0.223. The normalized spacial score (nSPS) is 16.2. The highest BCUT2D eigenvalue weighted by Gasteiger charge is 2.18. The molecule has 0 aliphatic heterocycles. The van der Waals surface area contributed by atoms with Crippen LogP contribution < -0.4 is 0 Å². The van der Waals surface area contributed by atoms with Gasteiger partial charge in [-0.1, -0.05) is 0 Å². The molecule has 0 radical (unpaired) electrons. The Balaban J connectivity index is 2.58. The smallest absolute Gasteiger partial charge is 0.163 e. The molecule has 14 heavy (non-hydrogen) atoms. The standard InChI is InChI=1S/C12H14O2/c1-8-9-4-2-3-5-12(14)10(9)6-7-11(8)13/h6-7,13H,2-5H2,1H3. The summed E-state index contributed by atoms with van der Waals surface area (Å²) < 4.78 is 0. The summed E-state index contributed by atoms with van der Waals surface area (Å²) in [7, 11) is 0. The van der Waals surface area contributed by atoms with Gasteiger partial charge in [0.15, 0.2) is 5.78 Å². The van der Waals surface area contributed by atoms with Gasteiger partial charge in [0.25, 0.3) is 0 Å². The Morgan fingerprint density at radius 1 is 1.21 bits per heavy atom. The van der Waals surface area contributed by atoms with Gasteiger partial charge in [-0.2, -0.15) is 0 Å². The molecular formula is C12H14O2. The molecule has 2 heteroatoms. The van der Waals surface area contributed by atoms with E-state index >= 15 is 0 Å². The van der Waals surface area contributed by atoms with Gasteiger partial charge in [0, 0.05) is 12.0 Å². The van der Waals surface area contributed by atoms with Gasteiger partial charge in [0.2, 0.25) is 0 Å². The molecule has 0 heterocycles. The lowest BCUT2D eigenvalue weighted by molar-refractivity contribution is 0.0982. The van der Waals surface area contributed by atoms with Crippen LogP contribution >= 0.6 is 0 Å². The Morgan fingerprint density at radius 3 is 2.71 bits per heavy atom. The highest BCUT2D eigenvalue weighted by atomic mass is 16.3. The first kappa shape index (κ1) is 9.25. The van der Waals surface area contributed by atoms with Gasteiger partial charge in [-0.3, -0.25) is 4.79 Å². The molecule has 1 aliphatic carbocycles. The molecule has 1 aliphatic rings. The van der Waals surface area contributed by atoms with E-state index in [1.165, 1.54) is 0 Å². The molecule has 0 bridgehead atoms. The SMILES string of the molecule is Cc1c(O)ccc2c1CCCCC2=O. The summed E-state index contributed by atoms with van der Waals surface area (Å²) in [6.07, 6.45) is 3.58. The second-order valence-electron chi connectivity index (χ2n) is 3.87. The number of hydrogen-bond acceptors (Lipinski definition) is 2. The third kappa shape index (κ3) is 1.41. The van der Waals surface area contributed by atoms with Crippen molar-refractivity contribution >= 4 is 5.78 Å². The zero-order valence-corrected chi connectivity index (χ0v) is 8.34. The number of rotatable bonds is 0. The van der Waals surface area contributed by atoms with Gasteiger partial charge in [-0.25, -0.2) is 0 Å².